The summed E-state index contributed by atoms with van der Waals surface area (Å²) < 4.78 is 64.9. The number of aromatic nitrogens is 3. The van der Waals surface area contributed by atoms with Crippen molar-refractivity contribution in [3.8, 4) is 11.5 Å². The lowest BCUT2D eigenvalue weighted by Gasteiger charge is -2.12. The van der Waals surface area contributed by atoms with Crippen molar-refractivity contribution < 1.29 is 46.4 Å². The summed E-state index contributed by atoms with van der Waals surface area (Å²) in [7, 11) is -1.33. The minimum absolute atomic E-state index is 0.0235. The number of carbonyl (C=O) groups is 3. The average molecular weight is 975 g/mol. The number of amides is 3. The highest BCUT2D eigenvalue weighted by atomic mass is 35.5. The molecule has 6 aromatic rings. The summed E-state index contributed by atoms with van der Waals surface area (Å²) in [4.78, 5) is 50.9. The van der Waals surface area contributed by atoms with Crippen LogP contribution in [0.5, 0.6) is 11.5 Å². The molecule has 0 saturated carbocycles. The zero-order valence-electron chi connectivity index (χ0n) is 37.8. The first-order chi connectivity index (χ1) is 34.0. The summed E-state index contributed by atoms with van der Waals surface area (Å²) in [5, 5.41) is 11.9. The number of nitrogens with one attached hydrogen (secondary N) is 4. The number of fused-ring (bicyclic) bond motifs is 1. The van der Waals surface area contributed by atoms with Gasteiger partial charge in [-0.25, -0.2) is 19.4 Å². The van der Waals surface area contributed by atoms with Crippen LogP contribution in [0.2, 0.25) is 5.02 Å². The van der Waals surface area contributed by atoms with Gasteiger partial charge < -0.3 is 44.7 Å². The van der Waals surface area contributed by atoms with Crippen LogP contribution in [-0.4, -0.2) is 98.5 Å². The van der Waals surface area contributed by atoms with E-state index < -0.39 is 19.1 Å². The zero-order valence-corrected chi connectivity index (χ0v) is 38.6. The van der Waals surface area contributed by atoms with Crippen molar-refractivity contribution in [1.82, 2.24) is 25.1 Å². The minimum atomic E-state index is -2.79. The number of anilines is 3. The van der Waals surface area contributed by atoms with E-state index >= 15 is 0 Å². The fourth-order valence-electron chi connectivity index (χ4n) is 7.03. The Morgan fingerprint density at radius 1 is 0.814 bits per heavy atom. The maximum atomic E-state index is 14.1. The Bertz CT molecular complexity index is 2930. The van der Waals surface area contributed by atoms with Crippen LogP contribution in [0.3, 0.4) is 0 Å². The molecule has 0 unspecified atom stereocenters. The number of ether oxygens (including phenoxy) is 4. The molecular formula is C50H47BClF3N8O7. The van der Waals surface area contributed by atoms with Gasteiger partial charge in [-0.05, 0) is 97.0 Å². The van der Waals surface area contributed by atoms with Crippen LogP contribution >= 0.6 is 11.6 Å². The van der Waals surface area contributed by atoms with E-state index in [0.29, 0.717) is 62.2 Å². The van der Waals surface area contributed by atoms with Crippen LogP contribution < -0.4 is 30.7 Å². The lowest BCUT2D eigenvalue weighted by Crippen LogP contribution is -2.32. The Kier molecular flexibility index (Phi) is 17.9. The summed E-state index contributed by atoms with van der Waals surface area (Å²) in [6, 6.07) is 27.1. The molecule has 15 nitrogen and oxygen atoms in total. The fraction of sp³-hybridized carbons (Fsp3) is 0.200. The number of nitrogens with zero attached hydrogens (tertiary/aromatic N) is 4. The smallest absolute Gasteiger partial charge is 0.493 e. The van der Waals surface area contributed by atoms with Gasteiger partial charge in [0.15, 0.2) is 18.1 Å². The average Bonchev–Trinajstić information content (AvgIpc) is 4.01. The molecule has 7 rings (SSSR count). The highest BCUT2D eigenvalue weighted by Gasteiger charge is 2.24. The molecule has 0 aliphatic carbocycles. The molecule has 360 valence electrons. The normalized spacial score (nSPS) is 12.6. The molecule has 3 heterocycles. The van der Waals surface area contributed by atoms with Gasteiger partial charge in [0.1, 0.15) is 18.0 Å². The first kappa shape index (κ1) is 50.2. The Morgan fingerprint density at radius 3 is 2.34 bits per heavy atom. The number of allylic oxidation sites excluding steroid dienone is 2. The second kappa shape index (κ2) is 25.0. The Labute approximate surface area is 406 Å². The molecule has 70 heavy (non-hydrogen) atoms. The van der Waals surface area contributed by atoms with Crippen molar-refractivity contribution in [2.75, 3.05) is 63.9 Å². The van der Waals surface area contributed by atoms with E-state index in [4.69, 9.17) is 30.5 Å². The van der Waals surface area contributed by atoms with Crippen LogP contribution in [0.1, 0.15) is 28.9 Å². The number of hydrogen-bond donors (Lipinski definition) is 4. The number of carbonyl (C=O) groups excluding carboxylic acids is 3. The van der Waals surface area contributed by atoms with E-state index in [2.05, 4.69) is 36.2 Å². The quantitative estimate of drug-likeness (QED) is 0.0263. The van der Waals surface area contributed by atoms with Gasteiger partial charge in [0.2, 0.25) is 11.8 Å². The van der Waals surface area contributed by atoms with Gasteiger partial charge in [-0.15, -0.1) is 0 Å². The van der Waals surface area contributed by atoms with Gasteiger partial charge in [0.05, 0.1) is 55.5 Å². The molecule has 0 saturated heterocycles. The summed E-state index contributed by atoms with van der Waals surface area (Å²) in [6.45, 7) is 1.15. The Hall–Kier alpha value is -7.74. The highest BCUT2D eigenvalue weighted by Crippen LogP contribution is 2.30. The number of rotatable bonds is 24. The first-order valence-corrected chi connectivity index (χ1v) is 22.4. The number of aliphatic imine (C=N–C) groups is 1. The van der Waals surface area contributed by atoms with E-state index in [9.17, 15) is 27.4 Å². The van der Waals surface area contributed by atoms with Crippen molar-refractivity contribution >= 4 is 82.7 Å². The Morgan fingerprint density at radius 2 is 1.59 bits per heavy atom. The number of aryl methyl sites for hydroxylation is 1. The predicted molar refractivity (Wildman–Crippen MR) is 264 cm³/mol. The number of halogens is 4. The molecule has 3 amide bonds. The molecule has 2 aromatic heterocycles. The van der Waals surface area contributed by atoms with Crippen LogP contribution in [0.25, 0.3) is 23.1 Å². The van der Waals surface area contributed by atoms with Crippen LogP contribution in [0, 0.1) is 5.82 Å². The van der Waals surface area contributed by atoms with E-state index in [1.807, 2.05) is 36.4 Å². The number of benzene rings is 4. The highest BCUT2D eigenvalue weighted by molar-refractivity contribution is 6.41. The number of methoxy groups -OCH3 is 1. The molecule has 20 heteroatoms. The van der Waals surface area contributed by atoms with Crippen molar-refractivity contribution in [3.63, 3.8) is 0 Å². The van der Waals surface area contributed by atoms with E-state index in [0.717, 1.165) is 15.8 Å². The minimum Gasteiger partial charge on any atom is -0.493 e. The second-order valence-electron chi connectivity index (χ2n) is 15.3. The predicted octanol–water partition coefficient (Wildman–Crippen LogP) is 8.08. The molecule has 0 radical (unpaired) electrons. The van der Waals surface area contributed by atoms with Gasteiger partial charge in [0, 0.05) is 59.3 Å². The molecule has 1 aliphatic rings. The van der Waals surface area contributed by atoms with Crippen molar-refractivity contribution in [2.24, 2.45) is 4.99 Å². The summed E-state index contributed by atoms with van der Waals surface area (Å²) in [6.07, 6.45) is 9.71. The zero-order chi connectivity index (χ0) is 49.2. The fourth-order valence-corrected chi connectivity index (χ4v) is 7.21. The van der Waals surface area contributed by atoms with E-state index in [1.54, 1.807) is 66.8 Å². The Balaban J connectivity index is 0.744. The third-order valence-electron chi connectivity index (χ3n) is 10.4. The van der Waals surface area contributed by atoms with Gasteiger partial charge in [0.25, 0.3) is 5.91 Å². The van der Waals surface area contributed by atoms with Crippen LogP contribution in [0.15, 0.2) is 132 Å². The lowest BCUT2D eigenvalue weighted by atomic mass is 10.1. The van der Waals surface area contributed by atoms with Crippen molar-refractivity contribution in [2.45, 2.75) is 12.8 Å². The SMILES string of the molecule is COc1cc(/C=C/C(=O)Nc2ccc3ncnc(Nc4ccc(F)c(Cl)c4)c3c2)ccc1OCC(=O)NCCOCCOCCNC(=O)CCc1ccc(/C=C2/C=CC(c3ccccc3)=N2)n1B(F)F. The maximum absolute atomic E-state index is 14.1. The summed E-state index contributed by atoms with van der Waals surface area (Å²) in [5.74, 6) is -0.506. The molecule has 0 fully saturated rings. The van der Waals surface area contributed by atoms with E-state index in [-0.39, 0.29) is 75.8 Å². The van der Waals surface area contributed by atoms with Crippen LogP contribution in [0.4, 0.5) is 30.2 Å². The molecule has 1 aliphatic heterocycles. The monoisotopic (exact) mass is 974 g/mol. The second-order valence-corrected chi connectivity index (χ2v) is 15.7. The maximum Gasteiger partial charge on any atom is 0.677 e. The van der Waals surface area contributed by atoms with Gasteiger partial charge in [-0.3, -0.25) is 23.0 Å². The van der Waals surface area contributed by atoms with Crippen LogP contribution in [-0.2, 0) is 30.3 Å². The molecular weight excluding hydrogens is 928 g/mol. The van der Waals surface area contributed by atoms with Crippen molar-refractivity contribution in [3.05, 3.63) is 161 Å². The molecule has 4 N–H and O–H groups in total. The van der Waals surface area contributed by atoms with Gasteiger partial charge in [-0.2, -0.15) is 0 Å². The standard InChI is InChI=1S/C50H47BClF3N8O7/c1-67-46-27-33(8-19-48(65)61-36-11-17-44-40(29-36)50(59-32-58-44)62-37-9-15-42(53)41(52)30-37)7-18-45(46)70-31-49(66)57-22-24-69-26-25-68-23-21-56-47(64)20-14-38-12-13-39(63(38)51(54)55)28-35-10-16-43(60-35)34-5-3-2-4-6-34/h2-13,15-19,27-30,32H,14,20-26,31H2,1H3,(H,56,64)(H,57,66)(H,61,65)(H,58,59,62)/b19-8+,35-28-. The molecule has 4 aromatic carbocycles. The van der Waals surface area contributed by atoms with E-state index in [1.165, 1.54) is 37.7 Å². The van der Waals surface area contributed by atoms with Gasteiger partial charge >= 0.3 is 7.40 Å². The number of hydrogen-bond acceptors (Lipinski definition) is 11. The largest absolute Gasteiger partial charge is 0.677 e. The molecule has 0 spiro atoms. The lowest BCUT2D eigenvalue weighted by molar-refractivity contribution is -0.123. The third-order valence-corrected chi connectivity index (χ3v) is 10.7. The summed E-state index contributed by atoms with van der Waals surface area (Å²) >= 11 is 5.93. The molecule has 0 bridgehead atoms. The summed E-state index contributed by atoms with van der Waals surface area (Å²) in [5.41, 5.74) is 5.14. The third kappa shape index (κ3) is 14.4. The van der Waals surface area contributed by atoms with Gasteiger partial charge in [-0.1, -0.05) is 48.0 Å². The topological polar surface area (TPSA) is 179 Å². The molecule has 0 atom stereocenters. The first-order valence-electron chi connectivity index (χ1n) is 22.0. The van der Waals surface area contributed by atoms with Crippen molar-refractivity contribution in [1.29, 1.82) is 0 Å².